The summed E-state index contributed by atoms with van der Waals surface area (Å²) in [5.41, 5.74) is 0.459. The number of hydrogen-bond acceptors (Lipinski definition) is 7. The van der Waals surface area contributed by atoms with Gasteiger partial charge in [0, 0.05) is 36.8 Å². The predicted octanol–water partition coefficient (Wildman–Crippen LogP) is 2.81. The van der Waals surface area contributed by atoms with Crippen LogP contribution in [-0.2, 0) is 19.6 Å². The van der Waals surface area contributed by atoms with Gasteiger partial charge in [0.05, 0.1) is 22.0 Å². The second-order valence-corrected chi connectivity index (χ2v) is 9.16. The van der Waals surface area contributed by atoms with Crippen molar-refractivity contribution in [1.82, 2.24) is 4.31 Å². The molecule has 1 aliphatic rings. The van der Waals surface area contributed by atoms with Gasteiger partial charge in [0.15, 0.2) is 0 Å². The van der Waals surface area contributed by atoms with Crippen molar-refractivity contribution in [3.8, 4) is 0 Å². The lowest BCUT2D eigenvalue weighted by molar-refractivity contribution is -0.384. The third-order valence-corrected chi connectivity index (χ3v) is 7.07. The number of carbonyl (C=O) groups excluding carboxylic acids is 2. The Balaban J connectivity index is 1.60. The van der Waals surface area contributed by atoms with E-state index in [0.717, 1.165) is 0 Å². The standard InChI is InChI=1S/C21H23N3O7S/c1-2-31-21(26)16-6-8-19(9-7-16)32(29,30)23-12-10-15(11-13-23)20(25)22-17-4-3-5-18(14-17)24(27)28/h3-9,14-15H,2,10-13H2,1H3,(H,22,25). The zero-order valence-electron chi connectivity index (χ0n) is 17.4. The Kier molecular flexibility index (Phi) is 7.21. The Labute approximate surface area is 185 Å². The van der Waals surface area contributed by atoms with Gasteiger partial charge < -0.3 is 10.1 Å². The van der Waals surface area contributed by atoms with Gasteiger partial charge in [0.2, 0.25) is 15.9 Å². The minimum atomic E-state index is -3.77. The number of nitro groups is 1. The van der Waals surface area contributed by atoms with E-state index in [1.807, 2.05) is 0 Å². The Bertz CT molecular complexity index is 1110. The monoisotopic (exact) mass is 461 g/mol. The molecule has 2 aromatic carbocycles. The van der Waals surface area contributed by atoms with Crippen molar-refractivity contribution in [2.24, 2.45) is 5.92 Å². The summed E-state index contributed by atoms with van der Waals surface area (Å²) in [5, 5.41) is 13.5. The lowest BCUT2D eigenvalue weighted by Crippen LogP contribution is -2.41. The highest BCUT2D eigenvalue weighted by Crippen LogP contribution is 2.26. The average Bonchev–Trinajstić information content (AvgIpc) is 2.79. The normalized spacial score (nSPS) is 15.2. The number of ether oxygens (including phenoxy) is 1. The molecule has 1 amide bonds. The van der Waals surface area contributed by atoms with Crippen molar-refractivity contribution in [3.05, 3.63) is 64.2 Å². The highest BCUT2D eigenvalue weighted by atomic mass is 32.2. The molecular weight excluding hydrogens is 438 g/mol. The molecule has 1 fully saturated rings. The molecular formula is C21H23N3O7S. The van der Waals surface area contributed by atoms with Crippen LogP contribution in [0.15, 0.2) is 53.4 Å². The Morgan fingerprint density at radius 1 is 1.16 bits per heavy atom. The summed E-state index contributed by atoms with van der Waals surface area (Å²) in [4.78, 5) is 34.7. The number of nitro benzene ring substituents is 1. The van der Waals surface area contributed by atoms with Crippen LogP contribution in [0.2, 0.25) is 0 Å². The van der Waals surface area contributed by atoms with Gasteiger partial charge in [-0.2, -0.15) is 4.31 Å². The third kappa shape index (κ3) is 5.29. The minimum absolute atomic E-state index is 0.0602. The number of anilines is 1. The molecule has 0 radical (unpaired) electrons. The summed E-state index contributed by atoms with van der Waals surface area (Å²) >= 11 is 0. The zero-order valence-corrected chi connectivity index (χ0v) is 18.2. The van der Waals surface area contributed by atoms with Crippen LogP contribution in [0.25, 0.3) is 0 Å². The molecule has 0 aromatic heterocycles. The molecule has 32 heavy (non-hydrogen) atoms. The number of rotatable bonds is 7. The van der Waals surface area contributed by atoms with E-state index in [1.54, 1.807) is 13.0 Å². The number of piperidine rings is 1. The maximum absolute atomic E-state index is 12.9. The first kappa shape index (κ1) is 23.4. The second-order valence-electron chi connectivity index (χ2n) is 7.22. The van der Waals surface area contributed by atoms with Crippen LogP contribution in [-0.4, -0.2) is 49.2 Å². The lowest BCUT2D eigenvalue weighted by Gasteiger charge is -2.30. The van der Waals surface area contributed by atoms with Crippen molar-refractivity contribution in [2.75, 3.05) is 25.0 Å². The van der Waals surface area contributed by atoms with Gasteiger partial charge >= 0.3 is 5.97 Å². The molecule has 0 unspecified atom stereocenters. The Morgan fingerprint density at radius 2 is 1.81 bits per heavy atom. The molecule has 0 aliphatic carbocycles. The number of carbonyl (C=O) groups is 2. The SMILES string of the molecule is CCOC(=O)c1ccc(S(=O)(=O)N2CCC(C(=O)Nc3cccc([N+](=O)[O-])c3)CC2)cc1. The summed E-state index contributed by atoms with van der Waals surface area (Å²) in [6.45, 7) is 2.23. The van der Waals surface area contributed by atoms with E-state index < -0.39 is 26.8 Å². The molecule has 0 bridgehead atoms. The molecule has 0 atom stereocenters. The van der Waals surface area contributed by atoms with Crippen LogP contribution in [0, 0.1) is 16.0 Å². The molecule has 1 saturated heterocycles. The second kappa shape index (κ2) is 9.88. The van der Waals surface area contributed by atoms with Gasteiger partial charge in [0.1, 0.15) is 0 Å². The number of amides is 1. The summed E-state index contributed by atoms with van der Waals surface area (Å²) in [5.74, 6) is -1.24. The van der Waals surface area contributed by atoms with Gasteiger partial charge in [-0.3, -0.25) is 14.9 Å². The summed E-state index contributed by atoms with van der Waals surface area (Å²) < 4.78 is 32.0. The van der Waals surface area contributed by atoms with Crippen LogP contribution >= 0.6 is 0 Å². The molecule has 10 nitrogen and oxygen atoms in total. The fraction of sp³-hybridized carbons (Fsp3) is 0.333. The van der Waals surface area contributed by atoms with E-state index in [4.69, 9.17) is 4.74 Å². The van der Waals surface area contributed by atoms with E-state index in [9.17, 15) is 28.1 Å². The topological polar surface area (TPSA) is 136 Å². The van der Waals surface area contributed by atoms with Crippen molar-refractivity contribution in [3.63, 3.8) is 0 Å². The first-order chi connectivity index (χ1) is 15.2. The fourth-order valence-electron chi connectivity index (χ4n) is 3.43. The van der Waals surface area contributed by atoms with Crippen molar-refractivity contribution < 1.29 is 27.7 Å². The van der Waals surface area contributed by atoms with Crippen LogP contribution < -0.4 is 5.32 Å². The van der Waals surface area contributed by atoms with Gasteiger partial charge in [-0.1, -0.05) is 6.07 Å². The highest BCUT2D eigenvalue weighted by molar-refractivity contribution is 7.89. The maximum Gasteiger partial charge on any atom is 0.338 e. The zero-order chi connectivity index (χ0) is 23.3. The first-order valence-electron chi connectivity index (χ1n) is 10.0. The van der Waals surface area contributed by atoms with E-state index in [2.05, 4.69) is 5.32 Å². The average molecular weight is 461 g/mol. The molecule has 170 valence electrons. The number of esters is 1. The van der Waals surface area contributed by atoms with Crippen molar-refractivity contribution >= 4 is 33.3 Å². The first-order valence-corrected chi connectivity index (χ1v) is 11.5. The van der Waals surface area contributed by atoms with E-state index in [1.165, 1.54) is 46.8 Å². The smallest absolute Gasteiger partial charge is 0.338 e. The van der Waals surface area contributed by atoms with Crippen LogP contribution in [0.4, 0.5) is 11.4 Å². The minimum Gasteiger partial charge on any atom is -0.462 e. The number of sulfonamides is 1. The van der Waals surface area contributed by atoms with Gasteiger partial charge in [0.25, 0.3) is 5.69 Å². The van der Waals surface area contributed by atoms with E-state index in [-0.39, 0.29) is 41.7 Å². The van der Waals surface area contributed by atoms with E-state index in [0.29, 0.717) is 18.5 Å². The van der Waals surface area contributed by atoms with Crippen LogP contribution in [0.5, 0.6) is 0 Å². The molecule has 11 heteroatoms. The van der Waals surface area contributed by atoms with Crippen LogP contribution in [0.3, 0.4) is 0 Å². The molecule has 2 aromatic rings. The maximum atomic E-state index is 12.9. The Hall–Kier alpha value is -3.31. The number of non-ortho nitro benzene ring substituents is 1. The quantitative estimate of drug-likeness (QED) is 0.380. The van der Waals surface area contributed by atoms with Crippen molar-refractivity contribution in [1.29, 1.82) is 0 Å². The third-order valence-electron chi connectivity index (χ3n) is 5.15. The van der Waals surface area contributed by atoms with Gasteiger partial charge in [-0.15, -0.1) is 0 Å². The number of hydrogen-bond donors (Lipinski definition) is 1. The molecule has 0 spiro atoms. The van der Waals surface area contributed by atoms with Gasteiger partial charge in [-0.05, 0) is 50.1 Å². The predicted molar refractivity (Wildman–Crippen MR) is 116 cm³/mol. The Morgan fingerprint density at radius 3 is 2.41 bits per heavy atom. The van der Waals surface area contributed by atoms with Crippen molar-refractivity contribution in [2.45, 2.75) is 24.7 Å². The van der Waals surface area contributed by atoms with E-state index >= 15 is 0 Å². The number of benzene rings is 2. The summed E-state index contributed by atoms with van der Waals surface area (Å²) in [6.07, 6.45) is 0.641. The number of nitrogens with one attached hydrogen (secondary N) is 1. The summed E-state index contributed by atoms with van der Waals surface area (Å²) in [7, 11) is -3.77. The molecule has 0 saturated carbocycles. The molecule has 1 heterocycles. The molecule has 3 rings (SSSR count). The fourth-order valence-corrected chi connectivity index (χ4v) is 4.90. The van der Waals surface area contributed by atoms with Gasteiger partial charge in [-0.25, -0.2) is 13.2 Å². The largest absolute Gasteiger partial charge is 0.462 e. The molecule has 1 aliphatic heterocycles. The van der Waals surface area contributed by atoms with Crippen LogP contribution in [0.1, 0.15) is 30.1 Å². The number of nitrogens with zero attached hydrogens (tertiary/aromatic N) is 2. The molecule has 1 N–H and O–H groups in total. The summed E-state index contributed by atoms with van der Waals surface area (Å²) in [6, 6.07) is 11.2. The lowest BCUT2D eigenvalue weighted by atomic mass is 9.97. The highest BCUT2D eigenvalue weighted by Gasteiger charge is 2.32.